The molecule has 2 aromatic carbocycles. The molecule has 1 unspecified atom stereocenters. The van der Waals surface area contributed by atoms with Crippen molar-refractivity contribution in [1.29, 1.82) is 5.41 Å². The molecule has 27 heavy (non-hydrogen) atoms. The van der Waals surface area contributed by atoms with Crippen LogP contribution in [0.25, 0.3) is 5.70 Å². The lowest BCUT2D eigenvalue weighted by Gasteiger charge is -2.29. The topological polar surface area (TPSA) is 51.2 Å². The van der Waals surface area contributed by atoms with Crippen LogP contribution in [0.5, 0.6) is 0 Å². The standard InChI is InChI=1S/C18H17F5N4/c1-11(12-6-3-4-7-13(12)18(21,22)23)25-16(10-24)27(2)26-17-14(19)8-5-9-15(17)20/h3-10,16,24-26H,1H2,2H3. The first-order valence-corrected chi connectivity index (χ1v) is 7.71. The van der Waals surface area contributed by atoms with E-state index in [1.54, 1.807) is 0 Å². The molecule has 2 rings (SSSR count). The van der Waals surface area contributed by atoms with Crippen molar-refractivity contribution in [2.45, 2.75) is 12.3 Å². The Kier molecular flexibility index (Phi) is 6.17. The van der Waals surface area contributed by atoms with E-state index >= 15 is 0 Å². The minimum absolute atomic E-state index is 0.0981. The molecule has 0 aromatic heterocycles. The molecule has 0 aliphatic carbocycles. The van der Waals surface area contributed by atoms with Gasteiger partial charge in [0, 0.05) is 24.5 Å². The second-order valence-electron chi connectivity index (χ2n) is 5.60. The quantitative estimate of drug-likeness (QED) is 0.286. The van der Waals surface area contributed by atoms with Gasteiger partial charge in [0.2, 0.25) is 0 Å². The molecule has 0 fully saturated rings. The summed E-state index contributed by atoms with van der Waals surface area (Å²) < 4.78 is 66.9. The number of anilines is 1. The predicted molar refractivity (Wildman–Crippen MR) is 93.9 cm³/mol. The van der Waals surface area contributed by atoms with Crippen molar-refractivity contribution in [3.8, 4) is 0 Å². The molecule has 1 atom stereocenters. The van der Waals surface area contributed by atoms with Crippen LogP contribution in [0, 0.1) is 17.0 Å². The van der Waals surface area contributed by atoms with Crippen LogP contribution in [0.1, 0.15) is 11.1 Å². The lowest BCUT2D eigenvalue weighted by atomic mass is 10.0. The van der Waals surface area contributed by atoms with Crippen LogP contribution in [0.4, 0.5) is 27.6 Å². The molecule has 0 radical (unpaired) electrons. The maximum Gasteiger partial charge on any atom is 0.417 e. The smallest absolute Gasteiger partial charge is 0.364 e. The number of nitrogens with zero attached hydrogens (tertiary/aromatic N) is 1. The van der Waals surface area contributed by atoms with Crippen LogP contribution in [0.15, 0.2) is 49.0 Å². The summed E-state index contributed by atoms with van der Waals surface area (Å²) in [6, 6.07) is 8.12. The number of nitrogens with one attached hydrogen (secondary N) is 3. The third kappa shape index (κ3) is 4.82. The van der Waals surface area contributed by atoms with Gasteiger partial charge in [-0.1, -0.05) is 30.8 Å². The first-order chi connectivity index (χ1) is 12.6. The van der Waals surface area contributed by atoms with Gasteiger partial charge in [-0.25, -0.2) is 8.78 Å². The van der Waals surface area contributed by atoms with E-state index in [4.69, 9.17) is 5.41 Å². The summed E-state index contributed by atoms with van der Waals surface area (Å²) in [4.78, 5) is 0. The molecule has 0 saturated heterocycles. The number of para-hydroxylation sites is 1. The zero-order chi connectivity index (χ0) is 20.2. The molecule has 0 heterocycles. The molecular formula is C18H17F5N4. The predicted octanol–water partition coefficient (Wildman–Crippen LogP) is 4.48. The van der Waals surface area contributed by atoms with E-state index in [1.165, 1.54) is 31.3 Å². The Bertz CT molecular complexity index is 814. The average Bonchev–Trinajstić information content (AvgIpc) is 2.61. The maximum absolute atomic E-state index is 13.7. The molecule has 0 aliphatic rings. The number of rotatable bonds is 7. The molecule has 2 aromatic rings. The van der Waals surface area contributed by atoms with Crippen molar-refractivity contribution in [1.82, 2.24) is 10.3 Å². The fourth-order valence-electron chi connectivity index (χ4n) is 2.35. The monoisotopic (exact) mass is 384 g/mol. The minimum Gasteiger partial charge on any atom is -0.364 e. The van der Waals surface area contributed by atoms with E-state index in [0.29, 0.717) is 0 Å². The van der Waals surface area contributed by atoms with Crippen LogP contribution in [0.3, 0.4) is 0 Å². The van der Waals surface area contributed by atoms with Crippen LogP contribution < -0.4 is 10.7 Å². The molecule has 0 saturated carbocycles. The summed E-state index contributed by atoms with van der Waals surface area (Å²) in [7, 11) is 1.37. The first kappa shape index (κ1) is 20.4. The second-order valence-corrected chi connectivity index (χ2v) is 5.60. The fraction of sp³-hybridized carbons (Fsp3) is 0.167. The zero-order valence-electron chi connectivity index (χ0n) is 14.2. The fourth-order valence-corrected chi connectivity index (χ4v) is 2.35. The zero-order valence-corrected chi connectivity index (χ0v) is 14.2. The number of hydrogen-bond donors (Lipinski definition) is 3. The van der Waals surface area contributed by atoms with Crippen molar-refractivity contribution in [3.63, 3.8) is 0 Å². The Labute approximate surface area is 152 Å². The highest BCUT2D eigenvalue weighted by Gasteiger charge is 2.33. The van der Waals surface area contributed by atoms with E-state index in [1.807, 2.05) is 0 Å². The third-order valence-electron chi connectivity index (χ3n) is 3.71. The Balaban J connectivity index is 2.20. The van der Waals surface area contributed by atoms with Crippen LogP contribution >= 0.6 is 0 Å². The Morgan fingerprint density at radius 3 is 2.26 bits per heavy atom. The number of benzene rings is 2. The van der Waals surface area contributed by atoms with Crippen LogP contribution in [-0.2, 0) is 6.18 Å². The number of halogens is 5. The summed E-state index contributed by atoms with van der Waals surface area (Å²) in [5.41, 5.74) is 0.811. The summed E-state index contributed by atoms with van der Waals surface area (Å²) in [5.74, 6) is -1.71. The number of hydrazine groups is 1. The highest BCUT2D eigenvalue weighted by molar-refractivity contribution is 5.70. The third-order valence-corrected chi connectivity index (χ3v) is 3.71. The van der Waals surface area contributed by atoms with Gasteiger partial charge in [0.1, 0.15) is 11.9 Å². The Morgan fingerprint density at radius 2 is 1.70 bits per heavy atom. The second kappa shape index (κ2) is 8.17. The Hall–Kier alpha value is -2.94. The molecule has 4 nitrogen and oxygen atoms in total. The maximum atomic E-state index is 13.7. The molecule has 3 N–H and O–H groups in total. The normalized spacial score (nSPS) is 12.6. The van der Waals surface area contributed by atoms with E-state index in [9.17, 15) is 22.0 Å². The van der Waals surface area contributed by atoms with Gasteiger partial charge in [-0.15, -0.1) is 0 Å². The summed E-state index contributed by atoms with van der Waals surface area (Å²) >= 11 is 0. The number of alkyl halides is 3. The molecule has 9 heteroatoms. The van der Waals surface area contributed by atoms with Crippen LogP contribution in [0.2, 0.25) is 0 Å². The summed E-state index contributed by atoms with van der Waals surface area (Å²) in [5, 5.41) is 11.2. The van der Waals surface area contributed by atoms with Crippen molar-refractivity contribution < 1.29 is 22.0 Å². The first-order valence-electron chi connectivity index (χ1n) is 7.71. The summed E-state index contributed by atoms with van der Waals surface area (Å²) in [6.07, 6.45) is -4.76. The molecular weight excluding hydrogens is 367 g/mol. The van der Waals surface area contributed by atoms with Crippen molar-refractivity contribution in [3.05, 3.63) is 71.8 Å². The number of hydrogen-bond acceptors (Lipinski definition) is 4. The molecule has 144 valence electrons. The Morgan fingerprint density at radius 1 is 1.11 bits per heavy atom. The van der Waals surface area contributed by atoms with Gasteiger partial charge >= 0.3 is 6.18 Å². The minimum atomic E-state index is -4.58. The van der Waals surface area contributed by atoms with Crippen molar-refractivity contribution in [2.24, 2.45) is 0 Å². The van der Waals surface area contributed by atoms with Crippen LogP contribution in [-0.4, -0.2) is 24.4 Å². The summed E-state index contributed by atoms with van der Waals surface area (Å²) in [6.45, 7) is 3.59. The SMILES string of the molecule is C=C(NC(C=N)N(C)Nc1c(F)cccc1F)c1ccccc1C(F)(F)F. The van der Waals surface area contributed by atoms with Crippen molar-refractivity contribution >= 4 is 17.6 Å². The van der Waals surface area contributed by atoms with Gasteiger partial charge in [0.25, 0.3) is 0 Å². The van der Waals surface area contributed by atoms with E-state index in [-0.39, 0.29) is 11.3 Å². The van der Waals surface area contributed by atoms with E-state index in [2.05, 4.69) is 17.3 Å². The molecule has 0 spiro atoms. The molecule has 0 amide bonds. The van der Waals surface area contributed by atoms with E-state index in [0.717, 1.165) is 29.4 Å². The van der Waals surface area contributed by atoms with Gasteiger partial charge in [-0.05, 0) is 18.2 Å². The van der Waals surface area contributed by atoms with Gasteiger partial charge in [0.05, 0.1) is 5.56 Å². The molecule has 0 aliphatic heterocycles. The van der Waals surface area contributed by atoms with Gasteiger partial charge in [-0.2, -0.15) is 18.2 Å². The lowest BCUT2D eigenvalue weighted by Crippen LogP contribution is -2.47. The van der Waals surface area contributed by atoms with Crippen molar-refractivity contribution in [2.75, 3.05) is 12.5 Å². The van der Waals surface area contributed by atoms with Gasteiger partial charge in [0.15, 0.2) is 11.6 Å². The van der Waals surface area contributed by atoms with E-state index < -0.39 is 35.2 Å². The van der Waals surface area contributed by atoms with Gasteiger partial charge in [-0.3, -0.25) is 0 Å². The highest BCUT2D eigenvalue weighted by atomic mass is 19.4. The largest absolute Gasteiger partial charge is 0.417 e. The molecule has 0 bridgehead atoms. The average molecular weight is 384 g/mol. The van der Waals surface area contributed by atoms with Gasteiger partial charge < -0.3 is 16.2 Å². The highest BCUT2D eigenvalue weighted by Crippen LogP contribution is 2.34. The lowest BCUT2D eigenvalue weighted by molar-refractivity contribution is -0.137.